The quantitative estimate of drug-likeness (QED) is 0.411. The molecular weight excluding hydrogens is 412 g/mol. The SMILES string of the molecule is O=C(CCCCc1nc2ccccc2s1)Nc1cccc(CSC2CCOCC2)c1. The number of ether oxygens (including phenoxy) is 1. The number of thiazole rings is 1. The zero-order valence-corrected chi connectivity index (χ0v) is 18.8. The number of unbranched alkanes of at least 4 members (excludes halogenated alkanes) is 1. The van der Waals surface area contributed by atoms with Crippen LogP contribution in [0, 0.1) is 0 Å². The fourth-order valence-electron chi connectivity index (χ4n) is 3.61. The summed E-state index contributed by atoms with van der Waals surface area (Å²) in [5.74, 6) is 1.07. The van der Waals surface area contributed by atoms with Gasteiger partial charge in [0.25, 0.3) is 0 Å². The van der Waals surface area contributed by atoms with Crippen molar-refractivity contribution in [2.45, 2.75) is 49.5 Å². The number of rotatable bonds is 9. The van der Waals surface area contributed by atoms with Gasteiger partial charge in [0, 0.05) is 36.3 Å². The molecule has 4 nitrogen and oxygen atoms in total. The molecule has 0 unspecified atom stereocenters. The molecule has 2 heterocycles. The molecule has 0 aliphatic carbocycles. The van der Waals surface area contributed by atoms with E-state index in [4.69, 9.17) is 4.74 Å². The Balaban J connectivity index is 1.18. The van der Waals surface area contributed by atoms with Crippen LogP contribution < -0.4 is 5.32 Å². The van der Waals surface area contributed by atoms with Crippen molar-refractivity contribution in [2.24, 2.45) is 0 Å². The van der Waals surface area contributed by atoms with Gasteiger partial charge in [0.05, 0.1) is 15.2 Å². The minimum Gasteiger partial charge on any atom is -0.381 e. The van der Waals surface area contributed by atoms with Crippen molar-refractivity contribution in [3.63, 3.8) is 0 Å². The third-order valence-electron chi connectivity index (χ3n) is 5.25. The summed E-state index contributed by atoms with van der Waals surface area (Å²) in [6.07, 6.45) is 5.61. The summed E-state index contributed by atoms with van der Waals surface area (Å²) in [7, 11) is 0. The summed E-state index contributed by atoms with van der Waals surface area (Å²) in [6, 6.07) is 16.5. The van der Waals surface area contributed by atoms with Gasteiger partial charge in [0.1, 0.15) is 0 Å². The van der Waals surface area contributed by atoms with Crippen LogP contribution in [0.4, 0.5) is 5.69 Å². The van der Waals surface area contributed by atoms with Crippen molar-refractivity contribution >= 4 is 44.9 Å². The summed E-state index contributed by atoms with van der Waals surface area (Å²) < 4.78 is 6.67. The zero-order chi connectivity index (χ0) is 20.6. The number of anilines is 1. The molecule has 6 heteroatoms. The van der Waals surface area contributed by atoms with Crippen LogP contribution in [0.3, 0.4) is 0 Å². The minimum atomic E-state index is 0.0912. The Morgan fingerprint density at radius 3 is 2.87 bits per heavy atom. The standard InChI is InChI=1S/C24H28N2O2S2/c27-23(10-3-4-11-24-26-21-8-1-2-9-22(21)30-24)25-19-7-5-6-18(16-19)17-29-20-12-14-28-15-13-20/h1-2,5-9,16,20H,3-4,10-15,17H2,(H,25,27). The fourth-order valence-corrected chi connectivity index (χ4v) is 5.75. The smallest absolute Gasteiger partial charge is 0.224 e. The number of nitrogens with zero attached hydrogens (tertiary/aromatic N) is 1. The number of thioether (sulfide) groups is 1. The van der Waals surface area contributed by atoms with Crippen LogP contribution in [0.1, 0.15) is 42.7 Å². The monoisotopic (exact) mass is 440 g/mol. The zero-order valence-electron chi connectivity index (χ0n) is 17.1. The van der Waals surface area contributed by atoms with E-state index in [-0.39, 0.29) is 5.91 Å². The van der Waals surface area contributed by atoms with Gasteiger partial charge in [-0.25, -0.2) is 4.98 Å². The van der Waals surface area contributed by atoms with Crippen LogP contribution in [0.25, 0.3) is 10.2 Å². The topological polar surface area (TPSA) is 51.2 Å². The van der Waals surface area contributed by atoms with Crippen molar-refractivity contribution < 1.29 is 9.53 Å². The molecule has 0 bridgehead atoms. The summed E-state index contributed by atoms with van der Waals surface area (Å²) >= 11 is 3.75. The molecule has 1 aliphatic rings. The lowest BCUT2D eigenvalue weighted by atomic mass is 10.2. The van der Waals surface area contributed by atoms with Crippen molar-refractivity contribution in [3.8, 4) is 0 Å². The van der Waals surface area contributed by atoms with Gasteiger partial charge >= 0.3 is 0 Å². The van der Waals surface area contributed by atoms with Gasteiger partial charge in [-0.15, -0.1) is 11.3 Å². The van der Waals surface area contributed by atoms with E-state index in [2.05, 4.69) is 34.6 Å². The van der Waals surface area contributed by atoms with E-state index in [1.54, 1.807) is 11.3 Å². The predicted octanol–water partition coefficient (Wildman–Crippen LogP) is 6.06. The molecule has 1 aromatic heterocycles. The Kier molecular flexibility index (Phi) is 7.78. The van der Waals surface area contributed by atoms with E-state index in [0.717, 1.165) is 67.3 Å². The van der Waals surface area contributed by atoms with Crippen LogP contribution in [0.5, 0.6) is 0 Å². The van der Waals surface area contributed by atoms with E-state index in [0.29, 0.717) is 11.7 Å². The van der Waals surface area contributed by atoms with Crippen molar-refractivity contribution in [1.29, 1.82) is 0 Å². The van der Waals surface area contributed by atoms with Gasteiger partial charge in [0.15, 0.2) is 0 Å². The largest absolute Gasteiger partial charge is 0.381 e. The molecule has 1 fully saturated rings. The first-order valence-electron chi connectivity index (χ1n) is 10.7. The number of amides is 1. The number of hydrogen-bond donors (Lipinski definition) is 1. The highest BCUT2D eigenvalue weighted by Crippen LogP contribution is 2.27. The second-order valence-corrected chi connectivity index (χ2v) is 10.1. The molecule has 1 amide bonds. The van der Waals surface area contributed by atoms with Crippen LogP contribution in [0.2, 0.25) is 0 Å². The number of carbonyl (C=O) groups excluding carboxylic acids is 1. The molecule has 0 radical (unpaired) electrons. The first kappa shape index (κ1) is 21.3. The molecule has 158 valence electrons. The molecule has 0 spiro atoms. The second kappa shape index (κ2) is 10.9. The normalized spacial score (nSPS) is 14.8. The molecular formula is C24H28N2O2S2. The molecule has 0 saturated carbocycles. The number of carbonyl (C=O) groups is 1. The first-order valence-corrected chi connectivity index (χ1v) is 12.6. The molecule has 1 aliphatic heterocycles. The average Bonchev–Trinajstić information content (AvgIpc) is 3.19. The molecule has 0 atom stereocenters. The predicted molar refractivity (Wildman–Crippen MR) is 127 cm³/mol. The average molecular weight is 441 g/mol. The number of aromatic nitrogens is 1. The van der Waals surface area contributed by atoms with Crippen molar-refractivity contribution in [1.82, 2.24) is 4.98 Å². The van der Waals surface area contributed by atoms with Gasteiger partial charge < -0.3 is 10.1 Å². The fraction of sp³-hybridized carbons (Fsp3) is 0.417. The van der Waals surface area contributed by atoms with Gasteiger partial charge in [-0.1, -0.05) is 24.3 Å². The lowest BCUT2D eigenvalue weighted by Crippen LogP contribution is -2.17. The number of benzene rings is 2. The highest BCUT2D eigenvalue weighted by Gasteiger charge is 2.14. The van der Waals surface area contributed by atoms with Gasteiger partial charge in [-0.3, -0.25) is 4.79 Å². The number of para-hydroxylation sites is 1. The Morgan fingerprint density at radius 1 is 1.13 bits per heavy atom. The highest BCUT2D eigenvalue weighted by atomic mass is 32.2. The van der Waals surface area contributed by atoms with Gasteiger partial charge in [-0.2, -0.15) is 11.8 Å². The van der Waals surface area contributed by atoms with Crippen LogP contribution in [-0.4, -0.2) is 29.4 Å². The Bertz CT molecular complexity index is 934. The summed E-state index contributed by atoms with van der Waals surface area (Å²) in [4.78, 5) is 17.0. The Hall–Kier alpha value is -1.89. The van der Waals surface area contributed by atoms with Crippen molar-refractivity contribution in [2.75, 3.05) is 18.5 Å². The lowest BCUT2D eigenvalue weighted by molar-refractivity contribution is -0.116. The number of aryl methyl sites for hydroxylation is 1. The molecule has 1 N–H and O–H groups in total. The van der Waals surface area contributed by atoms with E-state index >= 15 is 0 Å². The molecule has 2 aromatic carbocycles. The Morgan fingerprint density at radius 2 is 2.00 bits per heavy atom. The van der Waals surface area contributed by atoms with E-state index in [9.17, 15) is 4.79 Å². The Labute approximate surface area is 186 Å². The molecule has 3 aromatic rings. The lowest BCUT2D eigenvalue weighted by Gasteiger charge is -2.21. The number of hydrogen-bond acceptors (Lipinski definition) is 5. The second-order valence-electron chi connectivity index (χ2n) is 7.65. The van der Waals surface area contributed by atoms with Gasteiger partial charge in [-0.05, 0) is 61.9 Å². The van der Waals surface area contributed by atoms with Gasteiger partial charge in [0.2, 0.25) is 5.91 Å². The summed E-state index contributed by atoms with van der Waals surface area (Å²) in [5.41, 5.74) is 3.24. The molecule has 4 rings (SSSR count). The number of nitrogens with one attached hydrogen (secondary N) is 1. The van der Waals surface area contributed by atoms with E-state index in [1.165, 1.54) is 10.3 Å². The van der Waals surface area contributed by atoms with Crippen LogP contribution in [-0.2, 0) is 21.7 Å². The maximum Gasteiger partial charge on any atom is 0.224 e. The maximum absolute atomic E-state index is 12.3. The van der Waals surface area contributed by atoms with E-state index in [1.807, 2.05) is 36.0 Å². The summed E-state index contributed by atoms with van der Waals surface area (Å²) in [6.45, 7) is 1.76. The first-order chi connectivity index (χ1) is 14.8. The third-order valence-corrected chi connectivity index (χ3v) is 7.79. The highest BCUT2D eigenvalue weighted by molar-refractivity contribution is 7.99. The summed E-state index contributed by atoms with van der Waals surface area (Å²) in [5, 5.41) is 4.91. The molecule has 30 heavy (non-hydrogen) atoms. The number of fused-ring (bicyclic) bond motifs is 1. The third kappa shape index (κ3) is 6.30. The maximum atomic E-state index is 12.3. The van der Waals surface area contributed by atoms with E-state index < -0.39 is 0 Å². The van der Waals surface area contributed by atoms with Crippen LogP contribution in [0.15, 0.2) is 48.5 Å². The van der Waals surface area contributed by atoms with Crippen molar-refractivity contribution in [3.05, 3.63) is 59.1 Å². The minimum absolute atomic E-state index is 0.0912. The van der Waals surface area contributed by atoms with Crippen LogP contribution >= 0.6 is 23.1 Å². The molecule has 1 saturated heterocycles.